The Bertz CT molecular complexity index is 1180. The lowest BCUT2D eigenvalue weighted by atomic mass is 9.67. The molecular formula is C32H48N2O2S. The van der Waals surface area contributed by atoms with Crippen LogP contribution in [0.3, 0.4) is 0 Å². The van der Waals surface area contributed by atoms with Crippen LogP contribution in [0.5, 0.6) is 0 Å². The predicted molar refractivity (Wildman–Crippen MR) is 161 cm³/mol. The third kappa shape index (κ3) is 7.70. The molecule has 204 valence electrons. The first-order valence-corrected chi connectivity index (χ1v) is 15.7. The van der Waals surface area contributed by atoms with Crippen LogP contribution >= 0.6 is 0 Å². The lowest BCUT2D eigenvalue weighted by molar-refractivity contribution is 0.569. The second-order valence-corrected chi connectivity index (χ2v) is 13.5. The Balaban J connectivity index is 1.80. The molecule has 0 aromatic heterocycles. The van der Waals surface area contributed by atoms with Crippen LogP contribution in [0.15, 0.2) is 58.7 Å². The maximum Gasteiger partial charge on any atom is 0.215 e. The van der Waals surface area contributed by atoms with Crippen LogP contribution in [0.4, 0.5) is 5.69 Å². The van der Waals surface area contributed by atoms with Gasteiger partial charge in [-0.25, -0.2) is 13.1 Å². The highest BCUT2D eigenvalue weighted by molar-refractivity contribution is 7.89. The van der Waals surface area contributed by atoms with Crippen molar-refractivity contribution < 1.29 is 8.42 Å². The second kappa shape index (κ2) is 12.6. The number of fused-ring (bicyclic) bond motifs is 2. The number of nitrogens with zero attached hydrogens (tertiary/aromatic N) is 1. The van der Waals surface area contributed by atoms with Crippen LogP contribution in [0.2, 0.25) is 0 Å². The fraction of sp³-hybridized carbons (Fsp3) is 0.562. The zero-order valence-electron chi connectivity index (χ0n) is 24.2. The Morgan fingerprint density at radius 3 is 2.46 bits per heavy atom. The van der Waals surface area contributed by atoms with Gasteiger partial charge in [0.2, 0.25) is 10.0 Å². The van der Waals surface area contributed by atoms with E-state index >= 15 is 0 Å². The van der Waals surface area contributed by atoms with E-state index in [4.69, 9.17) is 0 Å². The number of unbranched alkanes of at least 4 members (excludes halogenated alkanes) is 5. The Morgan fingerprint density at radius 2 is 1.78 bits per heavy atom. The highest BCUT2D eigenvalue weighted by Gasteiger charge is 2.34. The molecule has 0 aliphatic heterocycles. The summed E-state index contributed by atoms with van der Waals surface area (Å²) in [5.41, 5.74) is 8.23. The molecule has 0 bridgehead atoms. The highest BCUT2D eigenvalue weighted by atomic mass is 32.2. The van der Waals surface area contributed by atoms with E-state index in [2.05, 4.69) is 101 Å². The number of benzene rings is 1. The van der Waals surface area contributed by atoms with Crippen molar-refractivity contribution in [3.63, 3.8) is 0 Å². The van der Waals surface area contributed by atoms with Gasteiger partial charge in [0.25, 0.3) is 0 Å². The fourth-order valence-electron chi connectivity index (χ4n) is 5.45. The molecule has 5 heteroatoms. The standard InChI is InChI=1S/C32H48N2O2S/c1-8-9-10-11-12-13-18-33-37(35,36)23-28(19-24(2)3)25-15-17-30-27(20-25)21-26-14-16-29(34(6)7)22-31(26)32(30,4)5/h14,16-17,19-22,24,33H,8-13,15,18,23H2,1-7H3. The van der Waals surface area contributed by atoms with Crippen molar-refractivity contribution in [1.29, 1.82) is 0 Å². The summed E-state index contributed by atoms with van der Waals surface area (Å²) in [5.74, 6) is 0.312. The lowest BCUT2D eigenvalue weighted by Gasteiger charge is -2.38. The minimum Gasteiger partial charge on any atom is -0.378 e. The van der Waals surface area contributed by atoms with Gasteiger partial charge >= 0.3 is 0 Å². The summed E-state index contributed by atoms with van der Waals surface area (Å²) < 4.78 is 28.9. The molecule has 3 rings (SSSR count). The monoisotopic (exact) mass is 524 g/mol. The summed E-state index contributed by atoms with van der Waals surface area (Å²) in [6, 6.07) is 6.68. The van der Waals surface area contributed by atoms with Gasteiger partial charge in [-0.1, -0.05) is 91.0 Å². The van der Waals surface area contributed by atoms with Gasteiger partial charge in [0.05, 0.1) is 5.75 Å². The minimum absolute atomic E-state index is 0.0372. The second-order valence-electron chi connectivity index (χ2n) is 11.7. The molecule has 0 spiro atoms. The van der Waals surface area contributed by atoms with Crippen LogP contribution in [-0.4, -0.2) is 34.8 Å². The molecule has 0 radical (unpaired) electrons. The Kier molecular flexibility index (Phi) is 10.0. The first kappa shape index (κ1) is 29.4. The number of hydrogen-bond acceptors (Lipinski definition) is 3. The number of rotatable bonds is 13. The number of allylic oxidation sites excluding steroid dienone is 6. The predicted octanol–water partition coefficient (Wildman–Crippen LogP) is 7.55. The quantitative estimate of drug-likeness (QED) is 0.271. The molecule has 37 heavy (non-hydrogen) atoms. The van der Waals surface area contributed by atoms with E-state index in [0.717, 1.165) is 30.4 Å². The summed E-state index contributed by atoms with van der Waals surface area (Å²) in [6.45, 7) is 11.6. The third-order valence-electron chi connectivity index (χ3n) is 7.52. The molecule has 0 atom stereocenters. The normalized spacial score (nSPS) is 17.1. The fourth-order valence-corrected chi connectivity index (χ4v) is 6.70. The molecule has 0 unspecified atom stereocenters. The van der Waals surface area contributed by atoms with Gasteiger partial charge in [0.1, 0.15) is 0 Å². The Hall–Kier alpha value is -2.11. The summed E-state index contributed by atoms with van der Waals surface area (Å²) in [6.07, 6.45) is 16.6. The van der Waals surface area contributed by atoms with Crippen molar-refractivity contribution in [3.05, 3.63) is 69.8 Å². The number of sulfonamides is 1. The summed E-state index contributed by atoms with van der Waals surface area (Å²) >= 11 is 0. The van der Waals surface area contributed by atoms with Crippen molar-refractivity contribution in [2.75, 3.05) is 31.3 Å². The van der Waals surface area contributed by atoms with Crippen LogP contribution in [0.1, 0.15) is 90.7 Å². The molecule has 0 fully saturated rings. The minimum atomic E-state index is -3.39. The first-order chi connectivity index (χ1) is 17.4. The topological polar surface area (TPSA) is 49.4 Å². The number of hydrogen-bond donors (Lipinski definition) is 1. The van der Waals surface area contributed by atoms with Crippen molar-refractivity contribution in [2.24, 2.45) is 5.92 Å². The molecule has 2 aliphatic carbocycles. The summed E-state index contributed by atoms with van der Waals surface area (Å²) in [5, 5.41) is 0. The van der Waals surface area contributed by atoms with E-state index < -0.39 is 10.0 Å². The molecule has 1 N–H and O–H groups in total. The van der Waals surface area contributed by atoms with Crippen LogP contribution < -0.4 is 9.62 Å². The van der Waals surface area contributed by atoms with Gasteiger partial charge in [-0.05, 0) is 70.4 Å². The largest absolute Gasteiger partial charge is 0.378 e. The Labute approximate surface area is 226 Å². The summed E-state index contributed by atoms with van der Waals surface area (Å²) in [7, 11) is 0.762. The molecule has 1 aromatic rings. The van der Waals surface area contributed by atoms with E-state index in [9.17, 15) is 8.42 Å². The van der Waals surface area contributed by atoms with Gasteiger partial charge in [0.15, 0.2) is 0 Å². The molecular weight excluding hydrogens is 476 g/mol. The van der Waals surface area contributed by atoms with Crippen molar-refractivity contribution >= 4 is 21.8 Å². The molecule has 4 nitrogen and oxygen atoms in total. The molecule has 0 amide bonds. The van der Waals surface area contributed by atoms with E-state index in [1.54, 1.807) is 0 Å². The smallest absolute Gasteiger partial charge is 0.215 e. The van der Waals surface area contributed by atoms with Crippen LogP contribution in [-0.2, 0) is 15.4 Å². The average Bonchev–Trinajstić information content (AvgIpc) is 2.82. The van der Waals surface area contributed by atoms with E-state index in [1.165, 1.54) is 53.6 Å². The van der Waals surface area contributed by atoms with Gasteiger partial charge in [0, 0.05) is 31.7 Å². The van der Waals surface area contributed by atoms with Crippen LogP contribution in [0.25, 0.3) is 6.08 Å². The zero-order chi connectivity index (χ0) is 27.2. The molecule has 0 saturated carbocycles. The Morgan fingerprint density at radius 1 is 1.08 bits per heavy atom. The average molecular weight is 525 g/mol. The van der Waals surface area contributed by atoms with Gasteiger partial charge in [-0.3, -0.25) is 0 Å². The molecule has 2 aliphatic rings. The van der Waals surface area contributed by atoms with Gasteiger partial charge < -0.3 is 4.90 Å². The molecule has 0 saturated heterocycles. The third-order valence-corrected chi connectivity index (χ3v) is 8.86. The van der Waals surface area contributed by atoms with Crippen molar-refractivity contribution in [2.45, 2.75) is 85.0 Å². The highest BCUT2D eigenvalue weighted by Crippen LogP contribution is 2.47. The lowest BCUT2D eigenvalue weighted by Crippen LogP contribution is -2.29. The van der Waals surface area contributed by atoms with E-state index in [1.807, 2.05) is 0 Å². The molecule has 0 heterocycles. The zero-order valence-corrected chi connectivity index (χ0v) is 25.0. The summed E-state index contributed by atoms with van der Waals surface area (Å²) in [4.78, 5) is 2.15. The number of anilines is 1. The number of nitrogens with one attached hydrogen (secondary N) is 1. The maximum atomic E-state index is 13.0. The molecule has 1 aromatic carbocycles. The van der Waals surface area contributed by atoms with Crippen molar-refractivity contribution in [3.8, 4) is 0 Å². The van der Waals surface area contributed by atoms with E-state index in [0.29, 0.717) is 6.54 Å². The van der Waals surface area contributed by atoms with Crippen molar-refractivity contribution in [1.82, 2.24) is 4.72 Å². The maximum absolute atomic E-state index is 13.0. The van der Waals surface area contributed by atoms with Gasteiger partial charge in [-0.15, -0.1) is 0 Å². The SMILES string of the molecule is CCCCCCCCNS(=O)(=O)CC(=CC(C)C)C1=CC2=Cc3ccc(N(C)C)cc3C(C)(C)C2=CC1. The first-order valence-electron chi connectivity index (χ1n) is 14.1. The van der Waals surface area contributed by atoms with E-state index in [-0.39, 0.29) is 17.1 Å². The van der Waals surface area contributed by atoms with Gasteiger partial charge in [-0.2, -0.15) is 0 Å². The van der Waals surface area contributed by atoms with Crippen LogP contribution in [0, 0.1) is 5.92 Å².